The second-order valence-electron chi connectivity index (χ2n) is 12.1. The molecule has 7 aromatic carbocycles. The zero-order valence-electron chi connectivity index (χ0n) is 25.0. The van der Waals surface area contributed by atoms with Crippen LogP contribution >= 0.6 is 11.8 Å². The Morgan fingerprint density at radius 1 is 0.435 bits per heavy atom. The van der Waals surface area contributed by atoms with Gasteiger partial charge < -0.3 is 9.47 Å². The summed E-state index contributed by atoms with van der Waals surface area (Å²) in [6.07, 6.45) is 0. The summed E-state index contributed by atoms with van der Waals surface area (Å²) in [6, 6.07) is 62.5. The molecule has 2 aliphatic heterocycles. The summed E-state index contributed by atoms with van der Waals surface area (Å²) in [4.78, 5) is 4.98. The minimum absolute atomic E-state index is 0.507. The van der Waals surface area contributed by atoms with Gasteiger partial charge in [0.05, 0.1) is 22.1 Å². The van der Waals surface area contributed by atoms with Crippen LogP contribution in [0, 0.1) is 0 Å². The first-order valence-electron chi connectivity index (χ1n) is 15.8. The highest BCUT2D eigenvalue weighted by atomic mass is 32.2. The molecule has 0 saturated carbocycles. The zero-order chi connectivity index (χ0) is 30.2. The molecule has 1 atom stereocenters. The molecule has 10 rings (SSSR count). The Hall–Kier alpha value is -5.51. The summed E-state index contributed by atoms with van der Waals surface area (Å²) in [5, 5.41) is 2.59. The van der Waals surface area contributed by atoms with Crippen LogP contribution < -0.4 is 4.90 Å². The third kappa shape index (κ3) is 3.38. The van der Waals surface area contributed by atoms with E-state index < -0.39 is 5.41 Å². The van der Waals surface area contributed by atoms with Crippen LogP contribution in [0.25, 0.3) is 27.5 Å². The molecule has 216 valence electrons. The van der Waals surface area contributed by atoms with Crippen molar-refractivity contribution in [3.05, 3.63) is 192 Å². The molecule has 0 saturated heterocycles. The van der Waals surface area contributed by atoms with Gasteiger partial charge in [-0.05, 0) is 82.9 Å². The van der Waals surface area contributed by atoms with E-state index in [0.717, 1.165) is 17.1 Å². The van der Waals surface area contributed by atoms with E-state index in [1.54, 1.807) is 0 Å². The summed E-state index contributed by atoms with van der Waals surface area (Å²) < 4.78 is 2.51. The molecule has 0 fully saturated rings. The standard InChI is InChI=1S/C43H28N2S/c1-3-14-29(15-4-1)44(30-16-5-2-6-17-30)31-26-27-41-37(28-31)43(35-21-9-12-25-40(35)46-41)34-20-8-11-24-39(34)45-38-23-10-7-18-32(38)33-19-13-22-36(43)42(33)45/h1-28H. The maximum atomic E-state index is 2.51. The lowest BCUT2D eigenvalue weighted by atomic mass is 9.62. The lowest BCUT2D eigenvalue weighted by Gasteiger charge is -2.45. The lowest BCUT2D eigenvalue weighted by molar-refractivity contribution is 0.689. The van der Waals surface area contributed by atoms with Crippen LogP contribution in [0.3, 0.4) is 0 Å². The van der Waals surface area contributed by atoms with Crippen molar-refractivity contribution in [3.8, 4) is 5.69 Å². The second kappa shape index (κ2) is 9.74. The van der Waals surface area contributed by atoms with E-state index in [1.807, 2.05) is 11.8 Å². The Bertz CT molecular complexity index is 2420. The van der Waals surface area contributed by atoms with Gasteiger partial charge >= 0.3 is 0 Å². The van der Waals surface area contributed by atoms with E-state index in [1.165, 1.54) is 59.5 Å². The topological polar surface area (TPSA) is 8.17 Å². The van der Waals surface area contributed by atoms with Gasteiger partial charge in [-0.3, -0.25) is 0 Å². The van der Waals surface area contributed by atoms with Crippen molar-refractivity contribution in [1.29, 1.82) is 0 Å². The molecule has 0 amide bonds. The number of rotatable bonds is 3. The highest BCUT2D eigenvalue weighted by molar-refractivity contribution is 7.99. The molecule has 2 aliphatic rings. The average molecular weight is 605 g/mol. The molecule has 1 unspecified atom stereocenters. The summed E-state index contributed by atoms with van der Waals surface area (Å²) >= 11 is 1.89. The first-order chi connectivity index (χ1) is 22.8. The fourth-order valence-corrected chi connectivity index (χ4v) is 9.22. The first-order valence-corrected chi connectivity index (χ1v) is 16.6. The predicted octanol–water partition coefficient (Wildman–Crippen LogP) is 11.4. The van der Waals surface area contributed by atoms with Crippen molar-refractivity contribution in [2.24, 2.45) is 0 Å². The van der Waals surface area contributed by atoms with Crippen LogP contribution in [0.4, 0.5) is 17.1 Å². The molecule has 0 N–H and O–H groups in total. The molecular formula is C43H28N2S. The number of aromatic nitrogens is 1. The predicted molar refractivity (Wildman–Crippen MR) is 191 cm³/mol. The van der Waals surface area contributed by atoms with E-state index in [2.05, 4.69) is 179 Å². The number of fused-ring (bicyclic) bond motifs is 11. The maximum Gasteiger partial charge on any atom is 0.0765 e. The van der Waals surface area contributed by atoms with Crippen molar-refractivity contribution >= 4 is 50.6 Å². The normalized spacial score (nSPS) is 15.8. The van der Waals surface area contributed by atoms with Gasteiger partial charge in [0.2, 0.25) is 0 Å². The Morgan fingerprint density at radius 3 is 1.85 bits per heavy atom. The zero-order valence-corrected chi connectivity index (χ0v) is 25.8. The van der Waals surface area contributed by atoms with E-state index in [0.29, 0.717) is 0 Å². The number of para-hydroxylation sites is 5. The molecule has 1 aromatic heterocycles. The van der Waals surface area contributed by atoms with Crippen molar-refractivity contribution in [2.75, 3.05) is 4.90 Å². The van der Waals surface area contributed by atoms with E-state index >= 15 is 0 Å². The molecule has 3 heteroatoms. The quantitative estimate of drug-likeness (QED) is 0.198. The Balaban J connectivity index is 1.36. The molecule has 2 nitrogen and oxygen atoms in total. The molecule has 0 radical (unpaired) electrons. The van der Waals surface area contributed by atoms with Gasteiger partial charge in [-0.25, -0.2) is 0 Å². The average Bonchev–Trinajstić information content (AvgIpc) is 3.47. The van der Waals surface area contributed by atoms with Crippen LogP contribution in [0.5, 0.6) is 0 Å². The number of nitrogens with zero attached hydrogens (tertiary/aromatic N) is 2. The van der Waals surface area contributed by atoms with Crippen LogP contribution in [-0.4, -0.2) is 4.57 Å². The summed E-state index contributed by atoms with van der Waals surface area (Å²) in [7, 11) is 0. The Labute approximate surface area is 272 Å². The molecule has 1 spiro atoms. The van der Waals surface area contributed by atoms with Crippen LogP contribution in [0.2, 0.25) is 0 Å². The van der Waals surface area contributed by atoms with Crippen molar-refractivity contribution in [2.45, 2.75) is 15.2 Å². The van der Waals surface area contributed by atoms with Crippen molar-refractivity contribution in [3.63, 3.8) is 0 Å². The van der Waals surface area contributed by atoms with Gasteiger partial charge in [-0.1, -0.05) is 121 Å². The summed E-state index contributed by atoms with van der Waals surface area (Å²) in [5.74, 6) is 0. The van der Waals surface area contributed by atoms with Gasteiger partial charge in [0.25, 0.3) is 0 Å². The van der Waals surface area contributed by atoms with Gasteiger partial charge in [0.15, 0.2) is 0 Å². The Morgan fingerprint density at radius 2 is 1.04 bits per heavy atom. The van der Waals surface area contributed by atoms with Crippen LogP contribution in [0.15, 0.2) is 180 Å². The molecule has 46 heavy (non-hydrogen) atoms. The molecule has 0 bridgehead atoms. The molecule has 8 aromatic rings. The smallest absolute Gasteiger partial charge is 0.0765 e. The van der Waals surface area contributed by atoms with E-state index in [-0.39, 0.29) is 0 Å². The molecule has 0 aliphatic carbocycles. The van der Waals surface area contributed by atoms with Crippen molar-refractivity contribution in [1.82, 2.24) is 4.57 Å². The number of hydrogen-bond donors (Lipinski definition) is 0. The number of benzene rings is 7. The van der Waals surface area contributed by atoms with Gasteiger partial charge in [-0.15, -0.1) is 0 Å². The highest BCUT2D eigenvalue weighted by Gasteiger charge is 2.49. The molecule has 3 heterocycles. The summed E-state index contributed by atoms with van der Waals surface area (Å²) in [6.45, 7) is 0. The van der Waals surface area contributed by atoms with Gasteiger partial charge in [-0.2, -0.15) is 0 Å². The Kier molecular flexibility index (Phi) is 5.46. The second-order valence-corrected chi connectivity index (χ2v) is 13.2. The molecular weight excluding hydrogens is 577 g/mol. The fourth-order valence-electron chi connectivity index (χ4n) is 8.05. The number of hydrogen-bond acceptors (Lipinski definition) is 2. The fraction of sp³-hybridized carbons (Fsp3) is 0.0233. The maximum absolute atomic E-state index is 2.51. The van der Waals surface area contributed by atoms with E-state index in [9.17, 15) is 0 Å². The van der Waals surface area contributed by atoms with E-state index in [4.69, 9.17) is 0 Å². The lowest BCUT2D eigenvalue weighted by Crippen LogP contribution is -2.37. The third-order valence-corrected chi connectivity index (χ3v) is 11.0. The van der Waals surface area contributed by atoms with Gasteiger partial charge in [0, 0.05) is 37.6 Å². The minimum atomic E-state index is -0.507. The van der Waals surface area contributed by atoms with Crippen LogP contribution in [0.1, 0.15) is 22.3 Å². The third-order valence-electron chi connectivity index (χ3n) is 9.81. The van der Waals surface area contributed by atoms with Gasteiger partial charge in [0.1, 0.15) is 0 Å². The van der Waals surface area contributed by atoms with Crippen molar-refractivity contribution < 1.29 is 0 Å². The largest absolute Gasteiger partial charge is 0.310 e. The number of anilines is 3. The van der Waals surface area contributed by atoms with Crippen LogP contribution in [-0.2, 0) is 5.41 Å². The SMILES string of the molecule is c1ccc(N(c2ccccc2)c2ccc3c(c2)C2(c4ccccc4S3)c3ccccc3-n3c4ccccc4c4cccc2c43)cc1. The summed E-state index contributed by atoms with van der Waals surface area (Å²) in [5.41, 5.74) is 12.0. The first kappa shape index (κ1) is 25.8. The monoisotopic (exact) mass is 604 g/mol. The minimum Gasteiger partial charge on any atom is -0.310 e. The highest BCUT2D eigenvalue weighted by Crippen LogP contribution is 2.61.